The predicted octanol–water partition coefficient (Wildman–Crippen LogP) is 3.57. The summed E-state index contributed by atoms with van der Waals surface area (Å²) in [7, 11) is 0. The molecule has 1 aromatic heterocycles. The van der Waals surface area contributed by atoms with Gasteiger partial charge in [-0.05, 0) is 50.2 Å². The fourth-order valence-corrected chi connectivity index (χ4v) is 2.63. The monoisotopic (exact) mass is 307 g/mol. The van der Waals surface area contributed by atoms with Crippen molar-refractivity contribution in [1.29, 1.82) is 0 Å². The molecule has 1 aromatic rings. The summed E-state index contributed by atoms with van der Waals surface area (Å²) in [5.41, 5.74) is 0.394. The van der Waals surface area contributed by atoms with Gasteiger partial charge in [0, 0.05) is 19.1 Å². The fourth-order valence-electron chi connectivity index (χ4n) is 2.44. The van der Waals surface area contributed by atoms with Crippen molar-refractivity contribution in [1.82, 2.24) is 9.88 Å². The van der Waals surface area contributed by atoms with Crippen molar-refractivity contribution < 1.29 is 4.79 Å². The highest BCUT2D eigenvalue weighted by Gasteiger charge is 2.37. The van der Waals surface area contributed by atoms with Crippen molar-refractivity contribution in [3.63, 3.8) is 0 Å². The van der Waals surface area contributed by atoms with Crippen LogP contribution in [0.3, 0.4) is 0 Å². The zero-order valence-corrected chi connectivity index (χ0v) is 13.2. The molecule has 0 bridgehead atoms. The molecule has 1 heterocycles. The topological polar surface area (TPSA) is 45.2 Å². The van der Waals surface area contributed by atoms with Crippen molar-refractivity contribution in [3.8, 4) is 0 Å². The molecule has 0 radical (unpaired) electrons. The first kappa shape index (κ1) is 14.6. The van der Waals surface area contributed by atoms with E-state index in [-0.39, 0.29) is 5.91 Å². The Morgan fingerprint density at radius 3 is 2.76 bits per heavy atom. The molecule has 0 aromatic carbocycles. The SMILES string of the molecule is CCCNc1ccc(Cl)c(C(=O)N(CC2CC2)C2CC2)n1. The van der Waals surface area contributed by atoms with E-state index in [4.69, 9.17) is 11.6 Å². The molecule has 0 spiro atoms. The minimum absolute atomic E-state index is 0.00505. The van der Waals surface area contributed by atoms with Gasteiger partial charge < -0.3 is 10.2 Å². The van der Waals surface area contributed by atoms with E-state index in [0.29, 0.717) is 22.7 Å². The summed E-state index contributed by atoms with van der Waals surface area (Å²) < 4.78 is 0. The van der Waals surface area contributed by atoms with Crippen LogP contribution in [0.15, 0.2) is 12.1 Å². The quantitative estimate of drug-likeness (QED) is 0.837. The summed E-state index contributed by atoms with van der Waals surface area (Å²) in [5.74, 6) is 1.41. The number of hydrogen-bond donors (Lipinski definition) is 1. The second-order valence-corrected chi connectivity index (χ2v) is 6.49. The Bertz CT molecular complexity index is 526. The highest BCUT2D eigenvalue weighted by atomic mass is 35.5. The second kappa shape index (κ2) is 6.22. The van der Waals surface area contributed by atoms with Crippen molar-refractivity contribution in [2.24, 2.45) is 5.92 Å². The number of nitrogens with zero attached hydrogens (tertiary/aromatic N) is 2. The van der Waals surface area contributed by atoms with E-state index in [9.17, 15) is 4.79 Å². The van der Waals surface area contributed by atoms with Gasteiger partial charge in [-0.15, -0.1) is 0 Å². The molecule has 0 unspecified atom stereocenters. The minimum Gasteiger partial charge on any atom is -0.370 e. The first-order valence-electron chi connectivity index (χ1n) is 7.90. The molecule has 2 saturated carbocycles. The smallest absolute Gasteiger partial charge is 0.274 e. The van der Waals surface area contributed by atoms with Crippen LogP contribution in [0.5, 0.6) is 0 Å². The molecule has 5 heteroatoms. The minimum atomic E-state index is -0.00505. The number of aromatic nitrogens is 1. The zero-order chi connectivity index (χ0) is 14.8. The molecular weight excluding hydrogens is 286 g/mol. The maximum absolute atomic E-state index is 12.8. The lowest BCUT2D eigenvalue weighted by atomic mass is 10.2. The van der Waals surface area contributed by atoms with Gasteiger partial charge in [-0.3, -0.25) is 4.79 Å². The van der Waals surface area contributed by atoms with Gasteiger partial charge >= 0.3 is 0 Å². The van der Waals surface area contributed by atoms with E-state index in [1.54, 1.807) is 6.07 Å². The van der Waals surface area contributed by atoms with E-state index in [1.165, 1.54) is 12.8 Å². The molecular formula is C16H22ClN3O. The van der Waals surface area contributed by atoms with Crippen LogP contribution in [0.25, 0.3) is 0 Å². The van der Waals surface area contributed by atoms with E-state index in [1.807, 2.05) is 11.0 Å². The van der Waals surface area contributed by atoms with Crippen molar-refractivity contribution >= 4 is 23.3 Å². The Morgan fingerprint density at radius 2 is 2.14 bits per heavy atom. The van der Waals surface area contributed by atoms with Gasteiger partial charge in [0.1, 0.15) is 11.5 Å². The third-order valence-corrected chi connectivity index (χ3v) is 4.31. The lowest BCUT2D eigenvalue weighted by Gasteiger charge is -2.22. The molecule has 0 atom stereocenters. The summed E-state index contributed by atoms with van der Waals surface area (Å²) in [4.78, 5) is 19.2. The Labute approximate surface area is 130 Å². The number of halogens is 1. The number of pyridine rings is 1. The lowest BCUT2D eigenvalue weighted by Crippen LogP contribution is -2.35. The van der Waals surface area contributed by atoms with Crippen LogP contribution < -0.4 is 5.32 Å². The van der Waals surface area contributed by atoms with E-state index >= 15 is 0 Å². The van der Waals surface area contributed by atoms with Crippen LogP contribution in [0, 0.1) is 5.92 Å². The Balaban J connectivity index is 1.77. The predicted molar refractivity (Wildman–Crippen MR) is 84.8 cm³/mol. The number of carbonyl (C=O) groups is 1. The maximum atomic E-state index is 12.8. The van der Waals surface area contributed by atoms with E-state index in [0.717, 1.165) is 38.2 Å². The summed E-state index contributed by atoms with van der Waals surface area (Å²) in [5, 5.41) is 3.66. The van der Waals surface area contributed by atoms with Crippen molar-refractivity contribution in [2.75, 3.05) is 18.4 Å². The zero-order valence-electron chi connectivity index (χ0n) is 12.4. The lowest BCUT2D eigenvalue weighted by molar-refractivity contribution is 0.0729. The van der Waals surface area contributed by atoms with E-state index in [2.05, 4.69) is 17.2 Å². The first-order valence-corrected chi connectivity index (χ1v) is 8.28. The Kier molecular flexibility index (Phi) is 4.34. The normalized spacial score (nSPS) is 17.6. The number of nitrogens with one attached hydrogen (secondary N) is 1. The molecule has 0 saturated heterocycles. The van der Waals surface area contributed by atoms with Crippen LogP contribution in [0.1, 0.15) is 49.5 Å². The van der Waals surface area contributed by atoms with Gasteiger partial charge in [-0.2, -0.15) is 0 Å². The van der Waals surface area contributed by atoms with Gasteiger partial charge in [0.15, 0.2) is 0 Å². The van der Waals surface area contributed by atoms with Gasteiger partial charge in [0.25, 0.3) is 5.91 Å². The molecule has 1 amide bonds. The molecule has 21 heavy (non-hydrogen) atoms. The molecule has 2 fully saturated rings. The standard InChI is InChI=1S/C16H22ClN3O/c1-2-9-18-14-8-7-13(17)15(19-14)16(21)20(12-5-6-12)10-11-3-4-11/h7-8,11-12H,2-6,9-10H2,1H3,(H,18,19). The van der Waals surface area contributed by atoms with Crippen LogP contribution in [0.2, 0.25) is 5.02 Å². The third kappa shape index (κ3) is 3.67. The summed E-state index contributed by atoms with van der Waals surface area (Å²) >= 11 is 6.21. The average molecular weight is 308 g/mol. The van der Waals surface area contributed by atoms with Crippen LogP contribution >= 0.6 is 11.6 Å². The molecule has 0 aliphatic heterocycles. The van der Waals surface area contributed by atoms with Crippen molar-refractivity contribution in [3.05, 3.63) is 22.8 Å². The van der Waals surface area contributed by atoms with Crippen LogP contribution in [-0.4, -0.2) is 34.9 Å². The van der Waals surface area contributed by atoms with Gasteiger partial charge in [0.05, 0.1) is 5.02 Å². The summed E-state index contributed by atoms with van der Waals surface area (Å²) in [6.07, 6.45) is 5.74. The molecule has 3 rings (SSSR count). The summed E-state index contributed by atoms with van der Waals surface area (Å²) in [6, 6.07) is 4.00. The maximum Gasteiger partial charge on any atom is 0.274 e. The van der Waals surface area contributed by atoms with Gasteiger partial charge in [-0.25, -0.2) is 4.98 Å². The third-order valence-electron chi connectivity index (χ3n) is 4.01. The molecule has 2 aliphatic carbocycles. The molecule has 114 valence electrons. The molecule has 4 nitrogen and oxygen atoms in total. The Hall–Kier alpha value is -1.29. The average Bonchev–Trinajstić information content (AvgIpc) is 3.36. The number of carbonyl (C=O) groups excluding carboxylic acids is 1. The highest BCUT2D eigenvalue weighted by molar-refractivity contribution is 6.33. The molecule has 2 aliphatic rings. The second-order valence-electron chi connectivity index (χ2n) is 6.09. The fraction of sp³-hybridized carbons (Fsp3) is 0.625. The largest absolute Gasteiger partial charge is 0.370 e. The number of hydrogen-bond acceptors (Lipinski definition) is 3. The van der Waals surface area contributed by atoms with Gasteiger partial charge in [-0.1, -0.05) is 18.5 Å². The van der Waals surface area contributed by atoms with Crippen LogP contribution in [-0.2, 0) is 0 Å². The summed E-state index contributed by atoms with van der Waals surface area (Å²) in [6.45, 7) is 3.81. The van der Waals surface area contributed by atoms with E-state index < -0.39 is 0 Å². The number of rotatable bonds is 7. The van der Waals surface area contributed by atoms with Crippen molar-refractivity contribution in [2.45, 2.75) is 45.1 Å². The number of anilines is 1. The first-order chi connectivity index (χ1) is 10.2. The van der Waals surface area contributed by atoms with Gasteiger partial charge in [0.2, 0.25) is 0 Å². The number of amides is 1. The Morgan fingerprint density at radius 1 is 1.38 bits per heavy atom. The molecule has 1 N–H and O–H groups in total. The highest BCUT2D eigenvalue weighted by Crippen LogP contribution is 2.36. The van der Waals surface area contributed by atoms with Crippen LogP contribution in [0.4, 0.5) is 5.82 Å².